The van der Waals surface area contributed by atoms with E-state index in [1.807, 2.05) is 12.1 Å². The summed E-state index contributed by atoms with van der Waals surface area (Å²) >= 11 is 5.95. The minimum absolute atomic E-state index is 0.426. The number of pyridine rings is 1. The molecule has 0 radical (unpaired) electrons. The Morgan fingerprint density at radius 2 is 2.13 bits per heavy atom. The SMILES string of the molecule is Clc1ncccc1COC1CCCCC1. The van der Waals surface area contributed by atoms with Gasteiger partial charge in [-0.25, -0.2) is 4.98 Å². The first-order chi connectivity index (χ1) is 7.36. The van der Waals surface area contributed by atoms with Gasteiger partial charge in [-0.3, -0.25) is 0 Å². The predicted octanol–water partition coefficient (Wildman–Crippen LogP) is 3.58. The van der Waals surface area contributed by atoms with Gasteiger partial charge in [0.15, 0.2) is 0 Å². The molecule has 0 saturated heterocycles. The Balaban J connectivity index is 1.84. The maximum Gasteiger partial charge on any atom is 0.134 e. The van der Waals surface area contributed by atoms with E-state index in [-0.39, 0.29) is 0 Å². The summed E-state index contributed by atoms with van der Waals surface area (Å²) in [5, 5.41) is 0.563. The van der Waals surface area contributed by atoms with Gasteiger partial charge in [-0.2, -0.15) is 0 Å². The van der Waals surface area contributed by atoms with Crippen LogP contribution in [0.1, 0.15) is 37.7 Å². The average Bonchev–Trinajstić information content (AvgIpc) is 2.29. The number of hydrogen-bond donors (Lipinski definition) is 0. The molecule has 1 fully saturated rings. The van der Waals surface area contributed by atoms with Gasteiger partial charge in [0.1, 0.15) is 5.15 Å². The third kappa shape index (κ3) is 3.18. The number of nitrogens with zero attached hydrogens (tertiary/aromatic N) is 1. The minimum Gasteiger partial charge on any atom is -0.373 e. The minimum atomic E-state index is 0.426. The molecule has 0 aliphatic heterocycles. The van der Waals surface area contributed by atoms with Gasteiger partial charge >= 0.3 is 0 Å². The first-order valence-corrected chi connectivity index (χ1v) is 5.95. The molecule has 3 heteroatoms. The third-order valence-corrected chi connectivity index (χ3v) is 3.20. The molecule has 0 atom stereocenters. The number of rotatable bonds is 3. The van der Waals surface area contributed by atoms with Crippen LogP contribution in [0.2, 0.25) is 5.15 Å². The molecule has 15 heavy (non-hydrogen) atoms. The molecular formula is C12H16ClNO. The molecule has 0 spiro atoms. The Morgan fingerprint density at radius 3 is 2.87 bits per heavy atom. The molecule has 0 amide bonds. The van der Waals surface area contributed by atoms with E-state index >= 15 is 0 Å². The second kappa shape index (κ2) is 5.47. The molecule has 0 unspecified atom stereocenters. The number of ether oxygens (including phenoxy) is 1. The van der Waals surface area contributed by atoms with Crippen molar-refractivity contribution < 1.29 is 4.74 Å². The Bertz CT molecular complexity index is 310. The van der Waals surface area contributed by atoms with E-state index < -0.39 is 0 Å². The van der Waals surface area contributed by atoms with Gasteiger partial charge < -0.3 is 4.74 Å². The lowest BCUT2D eigenvalue weighted by molar-refractivity contribution is 0.0168. The molecule has 1 aliphatic rings. The molecule has 1 aromatic rings. The van der Waals surface area contributed by atoms with Crippen molar-refractivity contribution in [2.45, 2.75) is 44.8 Å². The quantitative estimate of drug-likeness (QED) is 0.734. The average molecular weight is 226 g/mol. The molecule has 82 valence electrons. The summed E-state index contributed by atoms with van der Waals surface area (Å²) in [6.07, 6.45) is 8.46. The topological polar surface area (TPSA) is 22.1 Å². The third-order valence-electron chi connectivity index (χ3n) is 2.86. The predicted molar refractivity (Wildman–Crippen MR) is 60.9 cm³/mol. The Kier molecular flexibility index (Phi) is 3.98. The summed E-state index contributed by atoms with van der Waals surface area (Å²) < 4.78 is 5.83. The lowest BCUT2D eigenvalue weighted by Gasteiger charge is -2.22. The van der Waals surface area contributed by atoms with Crippen molar-refractivity contribution in [1.29, 1.82) is 0 Å². The summed E-state index contributed by atoms with van der Waals surface area (Å²) in [6, 6.07) is 3.86. The van der Waals surface area contributed by atoms with Crippen molar-refractivity contribution in [2.75, 3.05) is 0 Å². The zero-order chi connectivity index (χ0) is 10.5. The molecule has 0 aromatic carbocycles. The first-order valence-electron chi connectivity index (χ1n) is 5.57. The van der Waals surface area contributed by atoms with Gasteiger partial charge in [-0.1, -0.05) is 36.9 Å². The van der Waals surface area contributed by atoms with Crippen LogP contribution in [0.5, 0.6) is 0 Å². The van der Waals surface area contributed by atoms with E-state index in [0.717, 1.165) is 5.56 Å². The van der Waals surface area contributed by atoms with Gasteiger partial charge in [-0.05, 0) is 18.9 Å². The van der Waals surface area contributed by atoms with Crippen molar-refractivity contribution >= 4 is 11.6 Å². The zero-order valence-corrected chi connectivity index (χ0v) is 9.54. The monoisotopic (exact) mass is 225 g/mol. The van der Waals surface area contributed by atoms with Crippen molar-refractivity contribution in [3.63, 3.8) is 0 Å². The Morgan fingerprint density at radius 1 is 1.33 bits per heavy atom. The normalized spacial score (nSPS) is 17.9. The van der Waals surface area contributed by atoms with Gasteiger partial charge in [0.05, 0.1) is 12.7 Å². The van der Waals surface area contributed by atoms with Gasteiger partial charge in [0, 0.05) is 11.8 Å². The fourth-order valence-electron chi connectivity index (χ4n) is 1.97. The Hall–Kier alpha value is -0.600. The van der Waals surface area contributed by atoms with Crippen molar-refractivity contribution in [3.05, 3.63) is 29.0 Å². The maximum absolute atomic E-state index is 5.95. The van der Waals surface area contributed by atoms with Crippen molar-refractivity contribution in [2.24, 2.45) is 0 Å². The highest BCUT2D eigenvalue weighted by molar-refractivity contribution is 6.30. The van der Waals surface area contributed by atoms with Crippen LogP contribution in [0.25, 0.3) is 0 Å². The molecule has 1 aromatic heterocycles. The van der Waals surface area contributed by atoms with E-state index in [0.29, 0.717) is 17.9 Å². The van der Waals surface area contributed by atoms with Crippen LogP contribution >= 0.6 is 11.6 Å². The fraction of sp³-hybridized carbons (Fsp3) is 0.583. The second-order valence-corrected chi connectivity index (χ2v) is 4.38. The lowest BCUT2D eigenvalue weighted by atomic mass is 9.98. The van der Waals surface area contributed by atoms with E-state index in [9.17, 15) is 0 Å². The van der Waals surface area contributed by atoms with E-state index in [1.54, 1.807) is 6.20 Å². The largest absolute Gasteiger partial charge is 0.373 e. The van der Waals surface area contributed by atoms with Gasteiger partial charge in [0.25, 0.3) is 0 Å². The smallest absolute Gasteiger partial charge is 0.134 e. The summed E-state index contributed by atoms with van der Waals surface area (Å²) in [5.41, 5.74) is 0.991. The van der Waals surface area contributed by atoms with Crippen LogP contribution in [0, 0.1) is 0 Å². The summed E-state index contributed by atoms with van der Waals surface area (Å²) in [4.78, 5) is 4.03. The highest BCUT2D eigenvalue weighted by Crippen LogP contribution is 2.22. The van der Waals surface area contributed by atoms with Crippen LogP contribution in [0.15, 0.2) is 18.3 Å². The molecule has 1 saturated carbocycles. The molecule has 2 rings (SSSR count). The maximum atomic E-state index is 5.95. The van der Waals surface area contributed by atoms with Crippen LogP contribution in [-0.2, 0) is 11.3 Å². The van der Waals surface area contributed by atoms with Gasteiger partial charge in [-0.15, -0.1) is 0 Å². The highest BCUT2D eigenvalue weighted by atomic mass is 35.5. The molecule has 1 aliphatic carbocycles. The molecule has 1 heterocycles. The van der Waals surface area contributed by atoms with Crippen LogP contribution in [-0.4, -0.2) is 11.1 Å². The second-order valence-electron chi connectivity index (χ2n) is 4.02. The van der Waals surface area contributed by atoms with Crippen molar-refractivity contribution in [1.82, 2.24) is 4.98 Å². The summed E-state index contributed by atoms with van der Waals surface area (Å²) in [7, 11) is 0. The van der Waals surface area contributed by atoms with E-state index in [4.69, 9.17) is 16.3 Å². The summed E-state index contributed by atoms with van der Waals surface area (Å²) in [6.45, 7) is 0.595. The van der Waals surface area contributed by atoms with Crippen LogP contribution < -0.4 is 0 Å². The van der Waals surface area contributed by atoms with Crippen LogP contribution in [0.4, 0.5) is 0 Å². The number of aromatic nitrogens is 1. The van der Waals surface area contributed by atoms with Crippen molar-refractivity contribution in [3.8, 4) is 0 Å². The molecule has 0 bridgehead atoms. The zero-order valence-electron chi connectivity index (χ0n) is 8.79. The van der Waals surface area contributed by atoms with E-state index in [1.165, 1.54) is 32.1 Å². The van der Waals surface area contributed by atoms with Gasteiger partial charge in [0.2, 0.25) is 0 Å². The van der Waals surface area contributed by atoms with E-state index in [2.05, 4.69) is 4.98 Å². The number of hydrogen-bond acceptors (Lipinski definition) is 2. The standard InChI is InChI=1S/C12H16ClNO/c13-12-10(5-4-8-14-12)9-15-11-6-2-1-3-7-11/h4-5,8,11H,1-3,6-7,9H2. The summed E-state index contributed by atoms with van der Waals surface area (Å²) in [5.74, 6) is 0. The Labute approximate surface area is 95.6 Å². The first kappa shape index (κ1) is 10.9. The molecule has 2 nitrogen and oxygen atoms in total. The molecule has 0 N–H and O–H groups in total. The highest BCUT2D eigenvalue weighted by Gasteiger charge is 2.14. The lowest BCUT2D eigenvalue weighted by Crippen LogP contribution is -2.16. The number of halogens is 1. The van der Waals surface area contributed by atoms with Crippen LogP contribution in [0.3, 0.4) is 0 Å². The molecular weight excluding hydrogens is 210 g/mol. The fourth-order valence-corrected chi connectivity index (χ4v) is 2.14.